The average molecular weight is 391 g/mol. The van der Waals surface area contributed by atoms with Crippen molar-refractivity contribution in [3.05, 3.63) is 29.8 Å². The van der Waals surface area contributed by atoms with E-state index in [1.165, 1.54) is 6.92 Å². The number of Topliss-reactive ketones (excluding diaryl/α,β-unsaturated/α-hetero) is 1. The fourth-order valence-electron chi connectivity index (χ4n) is 2.25. The van der Waals surface area contributed by atoms with Crippen molar-refractivity contribution in [2.24, 2.45) is 0 Å². The van der Waals surface area contributed by atoms with Crippen LogP contribution in [0.4, 0.5) is 5.69 Å². The van der Waals surface area contributed by atoms with Crippen molar-refractivity contribution in [2.45, 2.75) is 39.5 Å². The summed E-state index contributed by atoms with van der Waals surface area (Å²) in [6, 6.07) is 6.85. The Bertz CT molecular complexity index is 658. The number of unbranched alkanes of at least 4 members (excludes halogenated alkanes) is 1. The monoisotopic (exact) mass is 391 g/mol. The van der Waals surface area contributed by atoms with Gasteiger partial charge in [-0.25, -0.2) is 0 Å². The van der Waals surface area contributed by atoms with Gasteiger partial charge in [0, 0.05) is 25.2 Å². The molecule has 0 fully saturated rings. The largest absolute Gasteiger partial charge is 0.364 e. The number of nitrogens with one attached hydrogen (secondary N) is 3. The van der Waals surface area contributed by atoms with Crippen molar-refractivity contribution in [2.75, 3.05) is 31.6 Å². The molecule has 3 amide bonds. The fraction of sp³-hybridized carbons (Fsp3) is 0.500. The van der Waals surface area contributed by atoms with Gasteiger partial charge in [0.1, 0.15) is 13.2 Å². The van der Waals surface area contributed by atoms with Crippen molar-refractivity contribution in [3.8, 4) is 0 Å². The van der Waals surface area contributed by atoms with E-state index >= 15 is 0 Å². The highest BCUT2D eigenvalue weighted by Gasteiger charge is 2.07. The third kappa shape index (κ3) is 11.1. The van der Waals surface area contributed by atoms with E-state index in [1.54, 1.807) is 24.3 Å². The molecule has 1 aromatic carbocycles. The van der Waals surface area contributed by atoms with Crippen LogP contribution in [0.15, 0.2) is 24.3 Å². The summed E-state index contributed by atoms with van der Waals surface area (Å²) >= 11 is 0. The Morgan fingerprint density at radius 3 is 2.21 bits per heavy atom. The average Bonchev–Trinajstić information content (AvgIpc) is 2.63. The molecule has 1 aromatic rings. The van der Waals surface area contributed by atoms with E-state index in [0.717, 1.165) is 18.4 Å². The predicted molar refractivity (Wildman–Crippen MR) is 106 cm³/mol. The first-order chi connectivity index (χ1) is 13.4. The molecular weight excluding hydrogens is 362 g/mol. The Morgan fingerprint density at radius 1 is 0.893 bits per heavy atom. The van der Waals surface area contributed by atoms with E-state index in [0.29, 0.717) is 18.8 Å². The summed E-state index contributed by atoms with van der Waals surface area (Å²) in [5.74, 6) is -0.742. The number of hydrogen-bond donors (Lipinski definition) is 3. The molecule has 8 nitrogen and oxygen atoms in total. The number of ketones is 1. The van der Waals surface area contributed by atoms with Gasteiger partial charge in [-0.1, -0.05) is 25.5 Å². The maximum atomic E-state index is 11.9. The SMILES string of the molecule is CCCCNC(=O)CCNC(=O)Cc1ccc(NC(=O)COCC(C)=O)cc1. The third-order valence-corrected chi connectivity index (χ3v) is 3.67. The fourth-order valence-corrected chi connectivity index (χ4v) is 2.25. The summed E-state index contributed by atoms with van der Waals surface area (Å²) in [5.41, 5.74) is 1.36. The van der Waals surface area contributed by atoms with E-state index in [-0.39, 0.29) is 49.6 Å². The quantitative estimate of drug-likeness (QED) is 0.437. The molecule has 3 N–H and O–H groups in total. The van der Waals surface area contributed by atoms with Crippen LogP contribution >= 0.6 is 0 Å². The number of carbonyl (C=O) groups is 4. The van der Waals surface area contributed by atoms with Gasteiger partial charge in [0.2, 0.25) is 17.7 Å². The molecule has 0 bridgehead atoms. The molecule has 1 rings (SSSR count). The third-order valence-electron chi connectivity index (χ3n) is 3.67. The molecular formula is C20H29N3O5. The molecule has 0 radical (unpaired) electrons. The lowest BCUT2D eigenvalue weighted by molar-refractivity contribution is -0.126. The minimum Gasteiger partial charge on any atom is -0.364 e. The molecule has 0 spiro atoms. The highest BCUT2D eigenvalue weighted by Crippen LogP contribution is 2.10. The Kier molecular flexibility index (Phi) is 11.2. The Labute approximate surface area is 165 Å². The molecule has 0 aliphatic heterocycles. The van der Waals surface area contributed by atoms with Crippen LogP contribution in [-0.4, -0.2) is 49.8 Å². The molecule has 0 atom stereocenters. The van der Waals surface area contributed by atoms with Gasteiger partial charge in [-0.15, -0.1) is 0 Å². The summed E-state index contributed by atoms with van der Waals surface area (Å²) in [6.45, 7) is 4.10. The van der Waals surface area contributed by atoms with Gasteiger partial charge in [-0.3, -0.25) is 19.2 Å². The van der Waals surface area contributed by atoms with Crippen molar-refractivity contribution in [1.82, 2.24) is 10.6 Å². The highest BCUT2D eigenvalue weighted by molar-refractivity contribution is 5.92. The number of benzene rings is 1. The second kappa shape index (κ2) is 13.4. The van der Waals surface area contributed by atoms with Gasteiger partial charge in [-0.05, 0) is 31.0 Å². The summed E-state index contributed by atoms with van der Waals surface area (Å²) < 4.78 is 4.94. The topological polar surface area (TPSA) is 114 Å². The summed E-state index contributed by atoms with van der Waals surface area (Å²) in [6.07, 6.45) is 2.41. The first-order valence-corrected chi connectivity index (χ1v) is 9.40. The Hall–Kier alpha value is -2.74. The Balaban J connectivity index is 2.27. The number of carbonyl (C=O) groups excluding carboxylic acids is 4. The number of anilines is 1. The van der Waals surface area contributed by atoms with Crippen LogP contribution in [0.25, 0.3) is 0 Å². The number of ether oxygens (including phenoxy) is 1. The first kappa shape index (κ1) is 23.3. The van der Waals surface area contributed by atoms with Crippen LogP contribution in [0.5, 0.6) is 0 Å². The second-order valence-corrected chi connectivity index (χ2v) is 6.42. The van der Waals surface area contributed by atoms with Gasteiger partial charge in [0.05, 0.1) is 6.42 Å². The number of rotatable bonds is 13. The van der Waals surface area contributed by atoms with Crippen molar-refractivity contribution < 1.29 is 23.9 Å². The van der Waals surface area contributed by atoms with Crippen molar-refractivity contribution in [1.29, 1.82) is 0 Å². The lowest BCUT2D eigenvalue weighted by Gasteiger charge is -2.08. The second-order valence-electron chi connectivity index (χ2n) is 6.42. The molecule has 0 saturated heterocycles. The summed E-state index contributed by atoms with van der Waals surface area (Å²) in [7, 11) is 0. The van der Waals surface area contributed by atoms with Crippen LogP contribution in [-0.2, 0) is 30.3 Å². The molecule has 0 heterocycles. The Morgan fingerprint density at radius 2 is 1.57 bits per heavy atom. The molecule has 0 aliphatic rings. The molecule has 154 valence electrons. The molecule has 0 aromatic heterocycles. The first-order valence-electron chi connectivity index (χ1n) is 9.40. The van der Waals surface area contributed by atoms with Crippen LogP contribution in [0.3, 0.4) is 0 Å². The molecule has 0 aliphatic carbocycles. The van der Waals surface area contributed by atoms with Crippen LogP contribution < -0.4 is 16.0 Å². The smallest absolute Gasteiger partial charge is 0.250 e. The number of amides is 3. The minimum atomic E-state index is -0.357. The summed E-state index contributed by atoms with van der Waals surface area (Å²) in [5, 5.41) is 8.16. The zero-order valence-electron chi connectivity index (χ0n) is 16.5. The van der Waals surface area contributed by atoms with Gasteiger partial charge in [-0.2, -0.15) is 0 Å². The van der Waals surface area contributed by atoms with Gasteiger partial charge in [0.15, 0.2) is 5.78 Å². The minimum absolute atomic E-state index is 0.0684. The zero-order valence-corrected chi connectivity index (χ0v) is 16.5. The highest BCUT2D eigenvalue weighted by atomic mass is 16.5. The lowest BCUT2D eigenvalue weighted by atomic mass is 10.1. The van der Waals surface area contributed by atoms with E-state index in [9.17, 15) is 19.2 Å². The maximum Gasteiger partial charge on any atom is 0.250 e. The van der Waals surface area contributed by atoms with E-state index in [4.69, 9.17) is 4.74 Å². The van der Waals surface area contributed by atoms with Crippen LogP contribution in [0, 0.1) is 0 Å². The van der Waals surface area contributed by atoms with E-state index in [2.05, 4.69) is 22.9 Å². The van der Waals surface area contributed by atoms with Crippen LogP contribution in [0.1, 0.15) is 38.7 Å². The van der Waals surface area contributed by atoms with Crippen LogP contribution in [0.2, 0.25) is 0 Å². The molecule has 8 heteroatoms. The standard InChI is InChI=1S/C20H29N3O5/c1-3-4-10-21-18(25)9-11-22-19(26)12-16-5-7-17(8-6-16)23-20(27)14-28-13-15(2)24/h5-8H,3-4,9-14H2,1-2H3,(H,21,25)(H,22,26)(H,23,27). The maximum absolute atomic E-state index is 11.9. The van der Waals surface area contributed by atoms with Crippen molar-refractivity contribution in [3.63, 3.8) is 0 Å². The van der Waals surface area contributed by atoms with Crippen molar-refractivity contribution >= 4 is 29.2 Å². The normalized spacial score (nSPS) is 10.2. The van der Waals surface area contributed by atoms with Gasteiger partial charge < -0.3 is 20.7 Å². The lowest BCUT2D eigenvalue weighted by Crippen LogP contribution is -2.31. The number of hydrogen-bond acceptors (Lipinski definition) is 5. The summed E-state index contributed by atoms with van der Waals surface area (Å²) in [4.78, 5) is 45.9. The van der Waals surface area contributed by atoms with E-state index in [1.807, 2.05) is 0 Å². The molecule has 0 unspecified atom stereocenters. The molecule has 0 saturated carbocycles. The van der Waals surface area contributed by atoms with E-state index < -0.39 is 0 Å². The van der Waals surface area contributed by atoms with Gasteiger partial charge in [0.25, 0.3) is 0 Å². The molecule has 28 heavy (non-hydrogen) atoms. The van der Waals surface area contributed by atoms with Gasteiger partial charge >= 0.3 is 0 Å². The predicted octanol–water partition coefficient (Wildman–Crippen LogP) is 1.20. The zero-order chi connectivity index (χ0) is 20.8.